The van der Waals surface area contributed by atoms with Crippen LogP contribution in [0.1, 0.15) is 35.7 Å². The van der Waals surface area contributed by atoms with E-state index in [0.717, 1.165) is 24.8 Å². The molecule has 1 aromatic carbocycles. The molecule has 1 amide bonds. The lowest BCUT2D eigenvalue weighted by molar-refractivity contribution is 0.0997. The van der Waals surface area contributed by atoms with Gasteiger partial charge in [0.25, 0.3) is 5.91 Å². The van der Waals surface area contributed by atoms with Gasteiger partial charge in [-0.05, 0) is 24.5 Å². The number of para-hydroxylation sites is 1. The molecule has 76 valence electrons. The number of phenols is 1. The van der Waals surface area contributed by atoms with Crippen LogP contribution in [0.25, 0.3) is 0 Å². The first-order chi connectivity index (χ1) is 6.66. The van der Waals surface area contributed by atoms with Gasteiger partial charge >= 0.3 is 0 Å². The monoisotopic (exact) mass is 193 g/mol. The van der Waals surface area contributed by atoms with Crippen molar-refractivity contribution in [3.8, 4) is 5.75 Å². The number of carbonyl (C=O) groups excluding carboxylic acids is 1. The molecule has 0 radical (unpaired) electrons. The van der Waals surface area contributed by atoms with Crippen LogP contribution in [0.3, 0.4) is 0 Å². The van der Waals surface area contributed by atoms with Crippen molar-refractivity contribution in [3.05, 3.63) is 29.3 Å². The Labute approximate surface area is 83.6 Å². The Hall–Kier alpha value is -1.51. The van der Waals surface area contributed by atoms with E-state index >= 15 is 0 Å². The molecule has 0 aliphatic heterocycles. The van der Waals surface area contributed by atoms with E-state index in [1.165, 1.54) is 6.07 Å². The number of aromatic hydroxyl groups is 1. The number of benzene rings is 1. The molecular weight excluding hydrogens is 178 g/mol. The summed E-state index contributed by atoms with van der Waals surface area (Å²) in [6.45, 7) is 2.08. The minimum atomic E-state index is -0.583. The third-order valence-corrected chi connectivity index (χ3v) is 2.18. The van der Waals surface area contributed by atoms with Gasteiger partial charge < -0.3 is 10.8 Å². The van der Waals surface area contributed by atoms with Crippen molar-refractivity contribution in [2.75, 3.05) is 0 Å². The molecule has 0 aromatic heterocycles. The van der Waals surface area contributed by atoms with E-state index in [1.54, 1.807) is 6.07 Å². The van der Waals surface area contributed by atoms with Crippen LogP contribution in [0, 0.1) is 0 Å². The lowest BCUT2D eigenvalue weighted by Gasteiger charge is -2.06. The Kier molecular flexibility index (Phi) is 3.51. The van der Waals surface area contributed by atoms with E-state index < -0.39 is 5.91 Å². The Bertz CT molecular complexity index is 334. The molecule has 1 aromatic rings. The molecule has 0 bridgehead atoms. The summed E-state index contributed by atoms with van der Waals surface area (Å²) >= 11 is 0. The average Bonchev–Trinajstić information content (AvgIpc) is 2.16. The first kappa shape index (κ1) is 10.6. The second-order valence-corrected chi connectivity index (χ2v) is 3.28. The van der Waals surface area contributed by atoms with E-state index in [0.29, 0.717) is 0 Å². The number of carbonyl (C=O) groups is 1. The molecule has 0 spiro atoms. The summed E-state index contributed by atoms with van der Waals surface area (Å²) in [5, 5.41) is 9.69. The molecule has 0 heterocycles. The van der Waals surface area contributed by atoms with Crippen molar-refractivity contribution in [1.82, 2.24) is 0 Å². The van der Waals surface area contributed by atoms with Gasteiger partial charge in [0.05, 0.1) is 5.56 Å². The molecule has 0 aliphatic rings. The van der Waals surface area contributed by atoms with Gasteiger partial charge in [-0.2, -0.15) is 0 Å². The van der Waals surface area contributed by atoms with Gasteiger partial charge in [-0.1, -0.05) is 25.5 Å². The van der Waals surface area contributed by atoms with Gasteiger partial charge in [0.2, 0.25) is 0 Å². The smallest absolute Gasteiger partial charge is 0.252 e. The molecule has 0 atom stereocenters. The van der Waals surface area contributed by atoms with Crippen molar-refractivity contribution >= 4 is 5.91 Å². The number of nitrogens with two attached hydrogens (primary N) is 1. The summed E-state index contributed by atoms with van der Waals surface area (Å²) in [4.78, 5) is 10.9. The zero-order valence-electron chi connectivity index (χ0n) is 8.29. The van der Waals surface area contributed by atoms with Crippen LogP contribution >= 0.6 is 0 Å². The highest BCUT2D eigenvalue weighted by atomic mass is 16.3. The minimum Gasteiger partial charge on any atom is -0.507 e. The molecule has 0 aliphatic carbocycles. The second-order valence-electron chi connectivity index (χ2n) is 3.28. The van der Waals surface area contributed by atoms with E-state index in [9.17, 15) is 9.90 Å². The predicted octanol–water partition coefficient (Wildman–Crippen LogP) is 1.83. The number of unbranched alkanes of at least 4 members (excludes halogenated alkanes) is 1. The maximum Gasteiger partial charge on any atom is 0.252 e. The molecular formula is C11H15NO2. The Morgan fingerprint density at radius 1 is 1.50 bits per heavy atom. The molecule has 3 heteroatoms. The maximum absolute atomic E-state index is 10.9. The highest BCUT2D eigenvalue weighted by Gasteiger charge is 2.10. The van der Waals surface area contributed by atoms with Gasteiger partial charge in [-0.25, -0.2) is 0 Å². The fraction of sp³-hybridized carbons (Fsp3) is 0.364. The SMILES string of the molecule is CCCCc1cccc(C(N)=O)c1O. The zero-order valence-corrected chi connectivity index (χ0v) is 8.29. The Morgan fingerprint density at radius 2 is 2.21 bits per heavy atom. The van der Waals surface area contributed by atoms with Crippen LogP contribution < -0.4 is 5.73 Å². The van der Waals surface area contributed by atoms with Crippen LogP contribution in [0.2, 0.25) is 0 Å². The average molecular weight is 193 g/mol. The predicted molar refractivity (Wildman–Crippen MR) is 55.2 cm³/mol. The summed E-state index contributed by atoms with van der Waals surface area (Å²) in [7, 11) is 0. The van der Waals surface area contributed by atoms with Gasteiger partial charge in [-0.15, -0.1) is 0 Å². The van der Waals surface area contributed by atoms with E-state index in [2.05, 4.69) is 6.92 Å². The van der Waals surface area contributed by atoms with Crippen LogP contribution in [-0.2, 0) is 6.42 Å². The number of hydrogen-bond donors (Lipinski definition) is 2. The first-order valence-corrected chi connectivity index (χ1v) is 4.77. The number of amides is 1. The molecule has 3 nitrogen and oxygen atoms in total. The van der Waals surface area contributed by atoms with Crippen LogP contribution in [-0.4, -0.2) is 11.0 Å². The highest BCUT2D eigenvalue weighted by Crippen LogP contribution is 2.23. The fourth-order valence-electron chi connectivity index (χ4n) is 1.36. The van der Waals surface area contributed by atoms with E-state index in [4.69, 9.17) is 5.73 Å². The molecule has 0 unspecified atom stereocenters. The molecule has 0 saturated carbocycles. The number of rotatable bonds is 4. The van der Waals surface area contributed by atoms with Crippen molar-refractivity contribution in [3.63, 3.8) is 0 Å². The van der Waals surface area contributed by atoms with Crippen molar-refractivity contribution in [2.45, 2.75) is 26.2 Å². The van der Waals surface area contributed by atoms with Crippen LogP contribution in [0.15, 0.2) is 18.2 Å². The van der Waals surface area contributed by atoms with Crippen molar-refractivity contribution < 1.29 is 9.90 Å². The summed E-state index contributed by atoms with van der Waals surface area (Å²) in [5.74, 6) is -0.547. The molecule has 0 saturated heterocycles. The third-order valence-electron chi connectivity index (χ3n) is 2.18. The normalized spacial score (nSPS) is 10.1. The van der Waals surface area contributed by atoms with E-state index in [1.807, 2.05) is 6.07 Å². The second kappa shape index (κ2) is 4.65. The fourth-order valence-corrected chi connectivity index (χ4v) is 1.36. The summed E-state index contributed by atoms with van der Waals surface area (Å²) < 4.78 is 0. The lowest BCUT2D eigenvalue weighted by Crippen LogP contribution is -2.11. The summed E-state index contributed by atoms with van der Waals surface area (Å²) in [6.07, 6.45) is 2.83. The quantitative estimate of drug-likeness (QED) is 0.766. The summed E-state index contributed by atoms with van der Waals surface area (Å²) in [6, 6.07) is 5.09. The maximum atomic E-state index is 10.9. The Morgan fingerprint density at radius 3 is 2.79 bits per heavy atom. The first-order valence-electron chi connectivity index (χ1n) is 4.77. The molecule has 3 N–H and O–H groups in total. The van der Waals surface area contributed by atoms with Gasteiger partial charge in [0.15, 0.2) is 0 Å². The highest BCUT2D eigenvalue weighted by molar-refractivity contribution is 5.95. The minimum absolute atomic E-state index is 0.0356. The van der Waals surface area contributed by atoms with Crippen molar-refractivity contribution in [1.29, 1.82) is 0 Å². The molecule has 1 rings (SSSR count). The third kappa shape index (κ3) is 2.25. The number of primary amides is 1. The molecule has 14 heavy (non-hydrogen) atoms. The van der Waals surface area contributed by atoms with Crippen LogP contribution in [0.5, 0.6) is 5.75 Å². The number of aryl methyl sites for hydroxylation is 1. The standard InChI is InChI=1S/C11H15NO2/c1-2-3-5-8-6-4-7-9(10(8)13)11(12)14/h4,6-7,13H,2-3,5H2,1H3,(H2,12,14). The van der Waals surface area contributed by atoms with Gasteiger partial charge in [0, 0.05) is 0 Å². The largest absolute Gasteiger partial charge is 0.507 e. The topological polar surface area (TPSA) is 63.3 Å². The van der Waals surface area contributed by atoms with E-state index in [-0.39, 0.29) is 11.3 Å². The lowest BCUT2D eigenvalue weighted by atomic mass is 10.0. The Balaban J connectivity index is 2.95. The van der Waals surface area contributed by atoms with Crippen molar-refractivity contribution in [2.24, 2.45) is 5.73 Å². The molecule has 0 fully saturated rings. The van der Waals surface area contributed by atoms with Gasteiger partial charge in [0.1, 0.15) is 5.75 Å². The summed E-state index contributed by atoms with van der Waals surface area (Å²) in [5.41, 5.74) is 6.11. The zero-order chi connectivity index (χ0) is 10.6. The van der Waals surface area contributed by atoms with Crippen LogP contribution in [0.4, 0.5) is 0 Å². The van der Waals surface area contributed by atoms with Gasteiger partial charge in [-0.3, -0.25) is 4.79 Å². The number of hydrogen-bond acceptors (Lipinski definition) is 2.